The van der Waals surface area contributed by atoms with Gasteiger partial charge >= 0.3 is 7.67 Å². The van der Waals surface area contributed by atoms with Crippen molar-refractivity contribution in [1.82, 2.24) is 14.2 Å². The molecule has 1 N–H and O–H groups in total. The zero-order valence-electron chi connectivity index (χ0n) is 17.4. The maximum absolute atomic E-state index is 14.0. The predicted octanol–water partition coefficient (Wildman–Crippen LogP) is 2.77. The van der Waals surface area contributed by atoms with Crippen molar-refractivity contribution in [3.8, 4) is 0 Å². The third kappa shape index (κ3) is 3.15. The summed E-state index contributed by atoms with van der Waals surface area (Å²) in [6.07, 6.45) is 3.58. The van der Waals surface area contributed by atoms with Gasteiger partial charge in [-0.05, 0) is 17.5 Å². The first-order chi connectivity index (χ1) is 14.4. The van der Waals surface area contributed by atoms with E-state index in [-0.39, 0.29) is 12.1 Å². The van der Waals surface area contributed by atoms with Gasteiger partial charge in [0.1, 0.15) is 18.4 Å². The summed E-state index contributed by atoms with van der Waals surface area (Å²) < 4.78 is 19.7. The van der Waals surface area contributed by atoms with E-state index < -0.39 is 7.67 Å². The number of fused-ring (bicyclic) bond motifs is 2. The Bertz CT molecular complexity index is 1050. The normalized spacial score (nSPS) is 28.0. The SMILES string of the molecule is CN1CC(Cc2ccccc2)N2C1=CC1=[N+](C)CC(Cc3ccccc3)N1P2(=O)O. The molecule has 1 saturated heterocycles. The zero-order valence-corrected chi connectivity index (χ0v) is 18.3. The summed E-state index contributed by atoms with van der Waals surface area (Å²) >= 11 is 0. The van der Waals surface area contributed by atoms with Crippen LogP contribution in [0, 0.1) is 0 Å². The van der Waals surface area contributed by atoms with E-state index in [9.17, 15) is 9.46 Å². The number of likely N-dealkylation sites (N-methyl/N-ethyl adjacent to an activating group) is 2. The zero-order chi connectivity index (χ0) is 20.9. The lowest BCUT2D eigenvalue weighted by atomic mass is 10.1. The topological polar surface area (TPSA) is 50.0 Å². The Morgan fingerprint density at radius 2 is 1.53 bits per heavy atom. The van der Waals surface area contributed by atoms with Gasteiger partial charge in [0.05, 0.1) is 19.2 Å². The molecular weight excluding hydrogens is 395 g/mol. The lowest BCUT2D eigenvalue weighted by Gasteiger charge is -2.37. The van der Waals surface area contributed by atoms with Crippen molar-refractivity contribution in [2.24, 2.45) is 0 Å². The van der Waals surface area contributed by atoms with Gasteiger partial charge in [-0.25, -0.2) is 9.24 Å². The molecule has 156 valence electrons. The molecule has 0 spiro atoms. The summed E-state index contributed by atoms with van der Waals surface area (Å²) in [5, 5.41) is 0. The van der Waals surface area contributed by atoms with Crippen LogP contribution in [0.2, 0.25) is 0 Å². The number of hydrogen-bond donors (Lipinski definition) is 1. The van der Waals surface area contributed by atoms with E-state index in [0.717, 1.165) is 37.6 Å². The van der Waals surface area contributed by atoms with Gasteiger partial charge in [-0.15, -0.1) is 0 Å². The highest BCUT2D eigenvalue weighted by atomic mass is 31.2. The second-order valence-corrected chi connectivity index (χ2v) is 10.4. The summed E-state index contributed by atoms with van der Waals surface area (Å²) in [6, 6.07) is 20.4. The first-order valence-electron chi connectivity index (χ1n) is 10.5. The van der Waals surface area contributed by atoms with Crippen molar-refractivity contribution in [2.75, 3.05) is 27.2 Å². The number of benzene rings is 2. The molecule has 2 aromatic carbocycles. The van der Waals surface area contributed by atoms with Crippen molar-refractivity contribution in [2.45, 2.75) is 24.9 Å². The summed E-state index contributed by atoms with van der Waals surface area (Å²) in [4.78, 5) is 13.6. The average Bonchev–Trinajstić information content (AvgIpc) is 3.21. The lowest BCUT2D eigenvalue weighted by Crippen LogP contribution is -2.45. The molecule has 0 aliphatic carbocycles. The van der Waals surface area contributed by atoms with Crippen LogP contribution in [0.1, 0.15) is 11.1 Å². The van der Waals surface area contributed by atoms with Gasteiger partial charge in [-0.3, -0.25) is 9.47 Å². The fourth-order valence-corrected chi connectivity index (χ4v) is 7.36. The van der Waals surface area contributed by atoms with Gasteiger partial charge in [0.2, 0.25) is 0 Å². The first kappa shape index (κ1) is 19.4. The van der Waals surface area contributed by atoms with E-state index in [0.29, 0.717) is 0 Å². The summed E-state index contributed by atoms with van der Waals surface area (Å²) in [5.74, 6) is 1.69. The van der Waals surface area contributed by atoms with Gasteiger partial charge in [0.25, 0.3) is 5.84 Å². The van der Waals surface area contributed by atoms with Crippen LogP contribution in [0.4, 0.5) is 0 Å². The molecule has 1 fully saturated rings. The molecule has 3 aliphatic heterocycles. The molecule has 6 nitrogen and oxygen atoms in total. The Morgan fingerprint density at radius 3 is 2.13 bits per heavy atom. The molecule has 5 rings (SSSR count). The van der Waals surface area contributed by atoms with Crippen LogP contribution < -0.4 is 0 Å². The van der Waals surface area contributed by atoms with E-state index in [1.54, 1.807) is 9.34 Å². The van der Waals surface area contributed by atoms with Gasteiger partial charge in [0.15, 0.2) is 0 Å². The third-order valence-electron chi connectivity index (χ3n) is 6.36. The van der Waals surface area contributed by atoms with E-state index >= 15 is 0 Å². The maximum atomic E-state index is 14.0. The van der Waals surface area contributed by atoms with Crippen molar-refractivity contribution in [3.05, 3.63) is 83.7 Å². The standard InChI is InChI=1S/C23H27N4O2P/c1-24-16-20(13-18-9-5-3-6-10-18)26-22(24)15-23-25(2)17-21(27(23)30(26,28)29)14-19-11-7-4-8-12-19/h3-12,15,20-21H,13-14,16-17H2,1-2H3/p+1. The number of hydrogen-bond acceptors (Lipinski definition) is 2. The molecule has 0 bridgehead atoms. The van der Waals surface area contributed by atoms with Crippen LogP contribution in [0.25, 0.3) is 0 Å². The van der Waals surface area contributed by atoms with Crippen LogP contribution in [-0.2, 0) is 17.4 Å². The molecule has 7 heteroatoms. The van der Waals surface area contributed by atoms with E-state index in [2.05, 4.69) is 39.8 Å². The highest BCUT2D eigenvalue weighted by Gasteiger charge is 2.60. The third-order valence-corrected chi connectivity index (χ3v) is 8.55. The fraction of sp³-hybridized carbons (Fsp3) is 0.348. The quantitative estimate of drug-likeness (QED) is 0.606. The van der Waals surface area contributed by atoms with Crippen LogP contribution in [0.5, 0.6) is 0 Å². The van der Waals surface area contributed by atoms with Gasteiger partial charge in [-0.2, -0.15) is 4.67 Å². The van der Waals surface area contributed by atoms with Gasteiger partial charge < -0.3 is 4.90 Å². The van der Waals surface area contributed by atoms with Crippen molar-refractivity contribution in [3.63, 3.8) is 0 Å². The molecule has 0 radical (unpaired) electrons. The molecule has 2 aromatic rings. The molecule has 3 unspecified atom stereocenters. The second-order valence-electron chi connectivity index (χ2n) is 8.51. The molecule has 0 amide bonds. The Morgan fingerprint density at radius 1 is 0.967 bits per heavy atom. The number of rotatable bonds is 4. The minimum absolute atomic E-state index is 0.0377. The summed E-state index contributed by atoms with van der Waals surface area (Å²) in [5.41, 5.74) is 2.37. The minimum Gasteiger partial charge on any atom is -0.359 e. The summed E-state index contributed by atoms with van der Waals surface area (Å²) in [6.45, 7) is 1.47. The Kier molecular flexibility index (Phi) is 4.72. The van der Waals surface area contributed by atoms with Crippen LogP contribution in [0.15, 0.2) is 72.6 Å². The monoisotopic (exact) mass is 423 g/mol. The van der Waals surface area contributed by atoms with Crippen LogP contribution in [-0.4, -0.2) is 68.8 Å². The highest BCUT2D eigenvalue weighted by Crippen LogP contribution is 2.60. The summed E-state index contributed by atoms with van der Waals surface area (Å²) in [7, 11) is 0.244. The number of amidine groups is 1. The predicted molar refractivity (Wildman–Crippen MR) is 118 cm³/mol. The van der Waals surface area contributed by atoms with E-state index in [1.165, 1.54) is 11.1 Å². The molecule has 3 heterocycles. The van der Waals surface area contributed by atoms with Crippen molar-refractivity contribution < 1.29 is 14.0 Å². The largest absolute Gasteiger partial charge is 0.482 e. The second kappa shape index (κ2) is 7.29. The van der Waals surface area contributed by atoms with Crippen molar-refractivity contribution >= 4 is 13.5 Å². The molecular formula is C23H28N4O2P+. The molecule has 0 aromatic heterocycles. The van der Waals surface area contributed by atoms with Crippen molar-refractivity contribution in [1.29, 1.82) is 0 Å². The minimum atomic E-state index is -3.78. The fourth-order valence-electron chi connectivity index (χ4n) is 5.04. The number of nitrogens with zero attached hydrogens (tertiary/aromatic N) is 4. The Labute approximate surface area is 177 Å². The smallest absolute Gasteiger partial charge is 0.359 e. The highest BCUT2D eigenvalue weighted by molar-refractivity contribution is 7.54. The van der Waals surface area contributed by atoms with Gasteiger partial charge in [0, 0.05) is 20.0 Å². The van der Waals surface area contributed by atoms with Crippen LogP contribution >= 0.6 is 7.67 Å². The molecule has 3 atom stereocenters. The lowest BCUT2D eigenvalue weighted by molar-refractivity contribution is -0.489. The Balaban J connectivity index is 1.50. The molecule has 30 heavy (non-hydrogen) atoms. The molecule has 0 saturated carbocycles. The van der Waals surface area contributed by atoms with E-state index in [4.69, 9.17) is 0 Å². The Hall–Kier alpha value is -2.56. The maximum Gasteiger partial charge on any atom is 0.482 e. The average molecular weight is 423 g/mol. The van der Waals surface area contributed by atoms with Crippen LogP contribution in [0.3, 0.4) is 0 Å². The molecule has 3 aliphatic rings. The first-order valence-corrected chi connectivity index (χ1v) is 12.0. The van der Waals surface area contributed by atoms with E-state index in [1.807, 2.05) is 50.5 Å². The van der Waals surface area contributed by atoms with Gasteiger partial charge in [-0.1, -0.05) is 60.7 Å².